The number of nitrogens with zero attached hydrogens (tertiary/aromatic N) is 2. The van der Waals surface area contributed by atoms with Crippen molar-refractivity contribution >= 4 is 17.6 Å². The van der Waals surface area contributed by atoms with E-state index in [1.165, 1.54) is 19.3 Å². The number of hydrogen-bond donors (Lipinski definition) is 1. The molecule has 1 saturated heterocycles. The van der Waals surface area contributed by atoms with Crippen LogP contribution in [0, 0.1) is 5.92 Å². The first kappa shape index (κ1) is 19.7. The van der Waals surface area contributed by atoms with Gasteiger partial charge in [-0.15, -0.1) is 0 Å². The Balaban J connectivity index is 1.55. The topological polar surface area (TPSA) is 52.7 Å². The molecule has 0 unspecified atom stereocenters. The van der Waals surface area contributed by atoms with Crippen LogP contribution in [0.5, 0.6) is 0 Å². The molecule has 3 rings (SSSR count). The van der Waals surface area contributed by atoms with Gasteiger partial charge in [0, 0.05) is 37.8 Å². The zero-order valence-corrected chi connectivity index (χ0v) is 17.0. The maximum atomic E-state index is 12.7. The van der Waals surface area contributed by atoms with E-state index < -0.39 is 0 Å². The molecule has 1 aliphatic heterocycles. The van der Waals surface area contributed by atoms with Crippen LogP contribution in [-0.4, -0.2) is 47.9 Å². The number of hydrogen-bond acceptors (Lipinski definition) is 2. The normalized spacial score (nSPS) is 19.1. The van der Waals surface area contributed by atoms with Crippen molar-refractivity contribution < 1.29 is 9.59 Å². The second kappa shape index (κ2) is 8.32. The summed E-state index contributed by atoms with van der Waals surface area (Å²) < 4.78 is 0. The van der Waals surface area contributed by atoms with Crippen molar-refractivity contribution in [3.8, 4) is 0 Å². The zero-order valence-electron chi connectivity index (χ0n) is 17.0. The van der Waals surface area contributed by atoms with E-state index in [4.69, 9.17) is 0 Å². The molecule has 1 saturated carbocycles. The molecule has 2 fully saturated rings. The largest absolute Gasteiger partial charge is 0.339 e. The molecular weight excluding hydrogens is 338 g/mol. The van der Waals surface area contributed by atoms with Crippen LogP contribution in [0.4, 0.5) is 10.5 Å². The lowest BCUT2D eigenvalue weighted by Crippen LogP contribution is -2.53. The first-order valence-electron chi connectivity index (χ1n) is 10.3. The molecule has 27 heavy (non-hydrogen) atoms. The number of anilines is 1. The van der Waals surface area contributed by atoms with Crippen LogP contribution in [0.1, 0.15) is 58.4 Å². The Morgan fingerprint density at radius 3 is 2.15 bits per heavy atom. The van der Waals surface area contributed by atoms with Crippen molar-refractivity contribution in [1.82, 2.24) is 9.80 Å². The first-order valence-corrected chi connectivity index (χ1v) is 10.3. The van der Waals surface area contributed by atoms with E-state index >= 15 is 0 Å². The number of urea groups is 1. The van der Waals surface area contributed by atoms with Gasteiger partial charge >= 0.3 is 6.03 Å². The summed E-state index contributed by atoms with van der Waals surface area (Å²) in [5, 5.41) is 3.08. The highest BCUT2D eigenvalue weighted by molar-refractivity contribution is 5.90. The molecular formula is C22H33N3O2. The maximum Gasteiger partial charge on any atom is 0.321 e. The maximum absolute atomic E-state index is 12.7. The van der Waals surface area contributed by atoms with E-state index in [9.17, 15) is 9.59 Å². The standard InChI is InChI=1S/C22H33N3O2/c1-22(2,3)18-11-7-8-12-19(18)23-21(27)25-15-13-24(14-16-25)20(26)17-9-5-4-6-10-17/h7-8,11-12,17H,4-6,9-10,13-16H2,1-3H3,(H,23,27). The van der Waals surface area contributed by atoms with Gasteiger partial charge in [-0.3, -0.25) is 4.79 Å². The predicted molar refractivity (Wildman–Crippen MR) is 109 cm³/mol. The van der Waals surface area contributed by atoms with Crippen molar-refractivity contribution in [2.45, 2.75) is 58.3 Å². The van der Waals surface area contributed by atoms with Crippen LogP contribution in [0.15, 0.2) is 24.3 Å². The number of benzene rings is 1. The lowest BCUT2D eigenvalue weighted by molar-refractivity contribution is -0.138. The average Bonchev–Trinajstić information content (AvgIpc) is 2.68. The van der Waals surface area contributed by atoms with E-state index in [2.05, 4.69) is 32.2 Å². The van der Waals surface area contributed by atoms with Crippen LogP contribution in [0.3, 0.4) is 0 Å². The minimum absolute atomic E-state index is 0.0328. The third-order valence-corrected chi connectivity index (χ3v) is 5.81. The van der Waals surface area contributed by atoms with Gasteiger partial charge in [-0.1, -0.05) is 58.2 Å². The van der Waals surface area contributed by atoms with Crippen molar-refractivity contribution in [2.24, 2.45) is 5.92 Å². The molecule has 1 aromatic carbocycles. The van der Waals surface area contributed by atoms with Crippen molar-refractivity contribution in [3.05, 3.63) is 29.8 Å². The van der Waals surface area contributed by atoms with Gasteiger partial charge in [-0.05, 0) is 29.9 Å². The molecule has 148 valence electrons. The van der Waals surface area contributed by atoms with Gasteiger partial charge in [-0.2, -0.15) is 0 Å². The molecule has 3 amide bonds. The minimum atomic E-state index is -0.0727. The zero-order chi connectivity index (χ0) is 19.4. The van der Waals surface area contributed by atoms with Crippen LogP contribution < -0.4 is 5.32 Å². The molecule has 1 aliphatic carbocycles. The highest BCUT2D eigenvalue weighted by atomic mass is 16.2. The molecule has 0 atom stereocenters. The molecule has 0 spiro atoms. The van der Waals surface area contributed by atoms with Crippen LogP contribution in [-0.2, 0) is 10.2 Å². The fourth-order valence-electron chi connectivity index (χ4n) is 4.18. The minimum Gasteiger partial charge on any atom is -0.339 e. The summed E-state index contributed by atoms with van der Waals surface area (Å²) >= 11 is 0. The summed E-state index contributed by atoms with van der Waals surface area (Å²) in [6.45, 7) is 8.92. The second-order valence-corrected chi connectivity index (χ2v) is 8.87. The van der Waals surface area contributed by atoms with Crippen molar-refractivity contribution in [3.63, 3.8) is 0 Å². The first-order chi connectivity index (χ1) is 12.9. The van der Waals surface area contributed by atoms with E-state index in [0.29, 0.717) is 32.1 Å². The molecule has 1 N–H and O–H groups in total. The van der Waals surface area contributed by atoms with Gasteiger partial charge in [0.15, 0.2) is 0 Å². The second-order valence-electron chi connectivity index (χ2n) is 8.87. The monoisotopic (exact) mass is 371 g/mol. The Labute approximate surface area is 163 Å². The molecule has 2 aliphatic rings. The predicted octanol–water partition coefficient (Wildman–Crippen LogP) is 4.24. The van der Waals surface area contributed by atoms with E-state index in [-0.39, 0.29) is 17.4 Å². The Morgan fingerprint density at radius 2 is 1.52 bits per heavy atom. The lowest BCUT2D eigenvalue weighted by Gasteiger charge is -2.37. The fourth-order valence-corrected chi connectivity index (χ4v) is 4.18. The molecule has 5 heteroatoms. The number of carbonyl (C=O) groups is 2. The molecule has 0 bridgehead atoms. The van der Waals surface area contributed by atoms with E-state index in [1.807, 2.05) is 28.0 Å². The molecule has 0 aromatic heterocycles. The third-order valence-electron chi connectivity index (χ3n) is 5.81. The van der Waals surface area contributed by atoms with E-state index in [0.717, 1.165) is 24.1 Å². The highest BCUT2D eigenvalue weighted by Gasteiger charge is 2.30. The average molecular weight is 372 g/mol. The molecule has 1 aromatic rings. The number of carbonyl (C=O) groups excluding carboxylic acids is 2. The van der Waals surface area contributed by atoms with Gasteiger partial charge in [0.25, 0.3) is 0 Å². The van der Waals surface area contributed by atoms with Gasteiger partial charge in [-0.25, -0.2) is 4.79 Å². The Morgan fingerprint density at radius 1 is 0.926 bits per heavy atom. The number of rotatable bonds is 2. The summed E-state index contributed by atoms with van der Waals surface area (Å²) in [4.78, 5) is 29.2. The Bertz CT molecular complexity index is 666. The quantitative estimate of drug-likeness (QED) is 0.845. The Hall–Kier alpha value is -2.04. The smallest absolute Gasteiger partial charge is 0.321 e. The van der Waals surface area contributed by atoms with Gasteiger partial charge in [0.05, 0.1) is 0 Å². The molecule has 5 nitrogen and oxygen atoms in total. The molecule has 0 radical (unpaired) electrons. The van der Waals surface area contributed by atoms with Gasteiger partial charge in [0.1, 0.15) is 0 Å². The summed E-state index contributed by atoms with van der Waals surface area (Å²) in [5.74, 6) is 0.505. The number of amides is 3. The summed E-state index contributed by atoms with van der Waals surface area (Å²) in [7, 11) is 0. The van der Waals surface area contributed by atoms with Gasteiger partial charge in [0.2, 0.25) is 5.91 Å². The SMILES string of the molecule is CC(C)(C)c1ccccc1NC(=O)N1CCN(C(=O)C2CCCCC2)CC1. The lowest BCUT2D eigenvalue weighted by atomic mass is 9.86. The Kier molecular flexibility index (Phi) is 6.08. The fraction of sp³-hybridized carbons (Fsp3) is 0.636. The number of para-hydroxylation sites is 1. The van der Waals surface area contributed by atoms with Crippen molar-refractivity contribution in [2.75, 3.05) is 31.5 Å². The third kappa shape index (κ3) is 4.82. The van der Waals surface area contributed by atoms with Crippen LogP contribution >= 0.6 is 0 Å². The number of nitrogens with one attached hydrogen (secondary N) is 1. The summed E-state index contributed by atoms with van der Waals surface area (Å²) in [5.41, 5.74) is 1.97. The van der Waals surface area contributed by atoms with Crippen molar-refractivity contribution in [1.29, 1.82) is 0 Å². The van der Waals surface area contributed by atoms with E-state index in [1.54, 1.807) is 0 Å². The van der Waals surface area contributed by atoms with Gasteiger partial charge < -0.3 is 15.1 Å². The van der Waals surface area contributed by atoms with Crippen LogP contribution in [0.25, 0.3) is 0 Å². The summed E-state index contributed by atoms with van der Waals surface area (Å²) in [6.07, 6.45) is 5.66. The number of piperazine rings is 1. The van der Waals surface area contributed by atoms with Crippen LogP contribution in [0.2, 0.25) is 0 Å². The summed E-state index contributed by atoms with van der Waals surface area (Å²) in [6, 6.07) is 7.91. The highest BCUT2D eigenvalue weighted by Crippen LogP contribution is 2.29. The molecule has 1 heterocycles.